The average molecular weight is 346 g/mol. The van der Waals surface area contributed by atoms with Gasteiger partial charge in [-0.25, -0.2) is 0 Å². The third-order valence-corrected chi connectivity index (χ3v) is 4.79. The van der Waals surface area contributed by atoms with Crippen LogP contribution in [0.15, 0.2) is 41.8 Å². The topological polar surface area (TPSA) is 78.4 Å². The van der Waals surface area contributed by atoms with E-state index < -0.39 is 17.4 Å². The first kappa shape index (κ1) is 18.2. The predicted molar refractivity (Wildman–Crippen MR) is 96.1 cm³/mol. The van der Waals surface area contributed by atoms with Crippen LogP contribution < -0.4 is 10.6 Å². The quantitative estimate of drug-likeness (QED) is 0.729. The van der Waals surface area contributed by atoms with E-state index >= 15 is 0 Å². The minimum absolute atomic E-state index is 0.0359. The highest BCUT2D eigenvalue weighted by atomic mass is 32.1. The maximum absolute atomic E-state index is 12.0. The molecule has 2 rings (SSSR count). The summed E-state index contributed by atoms with van der Waals surface area (Å²) in [6.07, 6.45) is 0. The van der Waals surface area contributed by atoms with E-state index in [1.165, 1.54) is 11.3 Å². The van der Waals surface area contributed by atoms with Crippen LogP contribution in [0.3, 0.4) is 0 Å². The molecule has 2 amide bonds. The van der Waals surface area contributed by atoms with Gasteiger partial charge in [0.2, 0.25) is 0 Å². The van der Waals surface area contributed by atoms with Crippen LogP contribution in [0.1, 0.15) is 37.1 Å². The van der Waals surface area contributed by atoms with Crippen LogP contribution in [0.5, 0.6) is 0 Å². The van der Waals surface area contributed by atoms with Gasteiger partial charge in [0.25, 0.3) is 0 Å². The summed E-state index contributed by atoms with van der Waals surface area (Å²) in [5, 5.41) is 17.3. The highest BCUT2D eigenvalue weighted by Crippen LogP contribution is 2.24. The Morgan fingerprint density at radius 2 is 1.96 bits per heavy atom. The summed E-state index contributed by atoms with van der Waals surface area (Å²) in [5.74, 6) is -1.20. The number of hydrogen-bond acceptors (Lipinski definition) is 4. The van der Waals surface area contributed by atoms with Gasteiger partial charge in [0, 0.05) is 10.6 Å². The van der Waals surface area contributed by atoms with Crippen molar-refractivity contribution in [2.75, 3.05) is 11.9 Å². The largest absolute Gasteiger partial charge is 0.383 e. The number of anilines is 1. The molecule has 1 aromatic carbocycles. The van der Waals surface area contributed by atoms with Crippen molar-refractivity contribution >= 4 is 28.8 Å². The van der Waals surface area contributed by atoms with Gasteiger partial charge in [0.1, 0.15) is 5.60 Å². The standard InChI is InChI=1S/C18H22N2O3S/c1-12(2)13-6-4-7-14(10-13)20-17(22)16(21)19-11-18(3,23)15-8-5-9-24-15/h4-10,12,23H,11H2,1-3H3,(H,19,21)(H,20,22). The van der Waals surface area contributed by atoms with E-state index in [2.05, 4.69) is 24.5 Å². The Hall–Kier alpha value is -2.18. The number of thiophene rings is 1. The maximum atomic E-state index is 12.0. The first-order chi connectivity index (χ1) is 11.3. The number of amides is 2. The zero-order valence-electron chi connectivity index (χ0n) is 14.0. The molecule has 0 spiro atoms. The molecule has 5 nitrogen and oxygen atoms in total. The Bertz CT molecular complexity index is 709. The van der Waals surface area contributed by atoms with Gasteiger partial charge in [-0.1, -0.05) is 32.0 Å². The molecule has 0 aliphatic heterocycles. The van der Waals surface area contributed by atoms with Gasteiger partial charge in [-0.15, -0.1) is 11.3 Å². The number of rotatable bonds is 5. The summed E-state index contributed by atoms with van der Waals surface area (Å²) >= 11 is 1.39. The van der Waals surface area contributed by atoms with Crippen LogP contribution in [-0.2, 0) is 15.2 Å². The highest BCUT2D eigenvalue weighted by Gasteiger charge is 2.26. The van der Waals surface area contributed by atoms with Crippen LogP contribution >= 0.6 is 11.3 Å². The van der Waals surface area contributed by atoms with Crippen LogP contribution in [0, 0.1) is 0 Å². The van der Waals surface area contributed by atoms with Gasteiger partial charge in [-0.3, -0.25) is 9.59 Å². The number of benzene rings is 1. The summed E-state index contributed by atoms with van der Waals surface area (Å²) in [5.41, 5.74) is 0.446. The molecule has 6 heteroatoms. The molecule has 1 unspecified atom stereocenters. The molecule has 24 heavy (non-hydrogen) atoms. The summed E-state index contributed by atoms with van der Waals surface area (Å²) in [6, 6.07) is 11.0. The molecule has 0 fully saturated rings. The molecule has 1 aromatic heterocycles. The molecule has 0 aliphatic rings. The van der Waals surface area contributed by atoms with E-state index in [0.717, 1.165) is 10.4 Å². The molecular formula is C18H22N2O3S. The molecule has 1 heterocycles. The Labute approximate surface area is 145 Å². The fourth-order valence-corrected chi connectivity index (χ4v) is 2.96. The van der Waals surface area contributed by atoms with Gasteiger partial charge in [0.05, 0.1) is 6.54 Å². The van der Waals surface area contributed by atoms with E-state index in [1.807, 2.05) is 29.6 Å². The van der Waals surface area contributed by atoms with Crippen molar-refractivity contribution in [1.29, 1.82) is 0 Å². The predicted octanol–water partition coefficient (Wildman–Crippen LogP) is 2.83. The number of hydrogen-bond donors (Lipinski definition) is 3. The molecule has 0 radical (unpaired) electrons. The van der Waals surface area contributed by atoms with Crippen molar-refractivity contribution in [3.63, 3.8) is 0 Å². The fourth-order valence-electron chi connectivity index (χ4n) is 2.17. The lowest BCUT2D eigenvalue weighted by atomic mass is 10.0. The van der Waals surface area contributed by atoms with Crippen molar-refractivity contribution in [3.05, 3.63) is 52.2 Å². The first-order valence-corrected chi connectivity index (χ1v) is 8.63. The summed E-state index contributed by atoms with van der Waals surface area (Å²) in [6.45, 7) is 5.68. The zero-order valence-corrected chi connectivity index (χ0v) is 14.8. The third-order valence-electron chi connectivity index (χ3n) is 3.66. The van der Waals surface area contributed by atoms with Crippen molar-refractivity contribution in [2.24, 2.45) is 0 Å². The van der Waals surface area contributed by atoms with Crippen molar-refractivity contribution in [2.45, 2.75) is 32.3 Å². The maximum Gasteiger partial charge on any atom is 0.313 e. The Balaban J connectivity index is 1.93. The highest BCUT2D eigenvalue weighted by molar-refractivity contribution is 7.10. The Kier molecular flexibility index (Phi) is 5.75. The Morgan fingerprint density at radius 1 is 1.21 bits per heavy atom. The summed E-state index contributed by atoms with van der Waals surface area (Å²) in [4.78, 5) is 24.7. The minimum Gasteiger partial charge on any atom is -0.383 e. The molecule has 0 bridgehead atoms. The molecule has 128 valence electrons. The third kappa shape index (κ3) is 4.66. The SMILES string of the molecule is CC(C)c1cccc(NC(=O)C(=O)NCC(C)(O)c2cccs2)c1. The molecule has 3 N–H and O–H groups in total. The van der Waals surface area contributed by atoms with Crippen molar-refractivity contribution in [3.8, 4) is 0 Å². The second-order valence-corrected chi connectivity index (χ2v) is 7.12. The first-order valence-electron chi connectivity index (χ1n) is 7.75. The molecule has 0 aliphatic carbocycles. The summed E-state index contributed by atoms with van der Waals surface area (Å²) < 4.78 is 0. The zero-order chi connectivity index (χ0) is 17.7. The van der Waals surface area contributed by atoms with Gasteiger partial charge in [0.15, 0.2) is 0 Å². The van der Waals surface area contributed by atoms with Crippen LogP contribution in [0.4, 0.5) is 5.69 Å². The number of nitrogens with one attached hydrogen (secondary N) is 2. The molecule has 2 aromatic rings. The lowest BCUT2D eigenvalue weighted by molar-refractivity contribution is -0.136. The van der Waals surface area contributed by atoms with E-state index in [-0.39, 0.29) is 6.54 Å². The molecule has 0 saturated carbocycles. The second kappa shape index (κ2) is 7.59. The Morgan fingerprint density at radius 3 is 2.58 bits per heavy atom. The summed E-state index contributed by atoms with van der Waals surface area (Å²) in [7, 11) is 0. The van der Waals surface area contributed by atoms with Crippen molar-refractivity contribution in [1.82, 2.24) is 5.32 Å². The molecule has 1 atom stereocenters. The van der Waals surface area contributed by atoms with Crippen molar-refractivity contribution < 1.29 is 14.7 Å². The van der Waals surface area contributed by atoms with Gasteiger partial charge in [-0.2, -0.15) is 0 Å². The number of carbonyl (C=O) groups is 2. The molecular weight excluding hydrogens is 324 g/mol. The van der Waals surface area contributed by atoms with Crippen LogP contribution in [0.25, 0.3) is 0 Å². The van der Waals surface area contributed by atoms with Gasteiger partial charge in [-0.05, 0) is 42.0 Å². The minimum atomic E-state index is -1.21. The van der Waals surface area contributed by atoms with E-state index in [4.69, 9.17) is 0 Å². The van der Waals surface area contributed by atoms with E-state index in [9.17, 15) is 14.7 Å². The molecule has 0 saturated heterocycles. The fraction of sp³-hybridized carbons (Fsp3) is 0.333. The normalized spacial score (nSPS) is 13.4. The number of carbonyl (C=O) groups excluding carboxylic acids is 2. The average Bonchev–Trinajstić information content (AvgIpc) is 3.08. The monoisotopic (exact) mass is 346 g/mol. The second-order valence-electron chi connectivity index (χ2n) is 6.17. The van der Waals surface area contributed by atoms with Crippen LogP contribution in [-0.4, -0.2) is 23.5 Å². The lowest BCUT2D eigenvalue weighted by Crippen LogP contribution is -2.42. The van der Waals surface area contributed by atoms with E-state index in [1.54, 1.807) is 19.1 Å². The lowest BCUT2D eigenvalue weighted by Gasteiger charge is -2.22. The van der Waals surface area contributed by atoms with Gasteiger partial charge < -0.3 is 15.7 Å². The smallest absolute Gasteiger partial charge is 0.313 e. The van der Waals surface area contributed by atoms with Gasteiger partial charge >= 0.3 is 11.8 Å². The van der Waals surface area contributed by atoms with Crippen LogP contribution in [0.2, 0.25) is 0 Å². The van der Waals surface area contributed by atoms with E-state index in [0.29, 0.717) is 11.6 Å². The number of aliphatic hydroxyl groups is 1.